The largest absolute Gasteiger partial charge is 0.295 e. The molecule has 1 heteroatoms. The second kappa shape index (κ2) is 4.74. The molecule has 0 fully saturated rings. The Hall–Kier alpha value is -1.63. The van der Waals surface area contributed by atoms with E-state index in [-0.39, 0.29) is 5.78 Å². The van der Waals surface area contributed by atoms with E-state index in [2.05, 4.69) is 18.2 Å². The molecule has 0 aromatic heterocycles. The van der Waals surface area contributed by atoms with Gasteiger partial charge in [0, 0.05) is 6.42 Å². The number of rotatable bonds is 2. The van der Waals surface area contributed by atoms with Crippen molar-refractivity contribution in [3.8, 4) is 0 Å². The van der Waals surface area contributed by atoms with E-state index in [1.807, 2.05) is 24.3 Å². The van der Waals surface area contributed by atoms with Crippen molar-refractivity contribution >= 4 is 11.9 Å². The molecule has 1 aromatic rings. The van der Waals surface area contributed by atoms with Crippen LogP contribution in [0.1, 0.15) is 24.8 Å². The highest BCUT2D eigenvalue weighted by Crippen LogP contribution is 2.17. The summed E-state index contributed by atoms with van der Waals surface area (Å²) in [6.07, 6.45) is 8.60. The van der Waals surface area contributed by atoms with Crippen molar-refractivity contribution < 1.29 is 4.79 Å². The summed E-state index contributed by atoms with van der Waals surface area (Å²) in [5.74, 6) is 0.258. The molecule has 1 aliphatic carbocycles. The number of hydrogen-bond donors (Lipinski definition) is 0. The Labute approximate surface area is 90.1 Å². The van der Waals surface area contributed by atoms with E-state index in [4.69, 9.17) is 0 Å². The van der Waals surface area contributed by atoms with Gasteiger partial charge in [-0.25, -0.2) is 0 Å². The summed E-state index contributed by atoms with van der Waals surface area (Å²) >= 11 is 0. The summed E-state index contributed by atoms with van der Waals surface area (Å²) in [7, 11) is 0. The number of ketones is 1. The Kier molecular flexibility index (Phi) is 3.13. The first-order valence-corrected chi connectivity index (χ1v) is 5.31. The Morgan fingerprint density at radius 3 is 2.53 bits per heavy atom. The summed E-state index contributed by atoms with van der Waals surface area (Å²) in [5, 5.41) is 0. The lowest BCUT2D eigenvalue weighted by atomic mass is 9.98. The Morgan fingerprint density at radius 2 is 1.80 bits per heavy atom. The molecule has 0 bridgehead atoms. The molecule has 76 valence electrons. The SMILES string of the molecule is O=C1C=C(C=Cc2ccccc2)CCC1. The zero-order valence-electron chi connectivity index (χ0n) is 8.65. The van der Waals surface area contributed by atoms with E-state index in [9.17, 15) is 4.79 Å². The second-order valence-electron chi connectivity index (χ2n) is 3.78. The van der Waals surface area contributed by atoms with Crippen LogP contribution < -0.4 is 0 Å². The third kappa shape index (κ3) is 2.91. The molecule has 0 unspecified atom stereocenters. The Bertz CT molecular complexity index is 399. The molecule has 0 heterocycles. The second-order valence-corrected chi connectivity index (χ2v) is 3.78. The van der Waals surface area contributed by atoms with Crippen LogP contribution in [0.15, 0.2) is 48.1 Å². The van der Waals surface area contributed by atoms with E-state index in [1.165, 1.54) is 5.56 Å². The van der Waals surface area contributed by atoms with E-state index in [1.54, 1.807) is 6.08 Å². The first-order chi connectivity index (χ1) is 7.34. The zero-order chi connectivity index (χ0) is 10.5. The maximum absolute atomic E-state index is 11.2. The molecule has 1 aromatic carbocycles. The molecule has 1 aliphatic rings. The summed E-state index contributed by atoms with van der Waals surface area (Å²) in [6.45, 7) is 0. The lowest BCUT2D eigenvalue weighted by Crippen LogP contribution is -2.00. The average Bonchev–Trinajstić information content (AvgIpc) is 2.28. The normalized spacial score (nSPS) is 16.8. The van der Waals surface area contributed by atoms with Crippen molar-refractivity contribution in [1.82, 2.24) is 0 Å². The third-order valence-corrected chi connectivity index (χ3v) is 2.52. The smallest absolute Gasteiger partial charge is 0.155 e. The van der Waals surface area contributed by atoms with Gasteiger partial charge >= 0.3 is 0 Å². The summed E-state index contributed by atoms with van der Waals surface area (Å²) in [6, 6.07) is 10.1. The van der Waals surface area contributed by atoms with Crippen LogP contribution in [0.3, 0.4) is 0 Å². The molecule has 0 radical (unpaired) electrons. The van der Waals surface area contributed by atoms with Crippen LogP contribution in [-0.2, 0) is 4.79 Å². The molecule has 0 spiro atoms. The van der Waals surface area contributed by atoms with Gasteiger partial charge in [-0.05, 0) is 30.1 Å². The van der Waals surface area contributed by atoms with Crippen LogP contribution in [0.2, 0.25) is 0 Å². The first-order valence-electron chi connectivity index (χ1n) is 5.31. The summed E-state index contributed by atoms with van der Waals surface area (Å²) < 4.78 is 0. The number of carbonyl (C=O) groups excluding carboxylic acids is 1. The fourth-order valence-electron chi connectivity index (χ4n) is 1.72. The van der Waals surface area contributed by atoms with Crippen molar-refractivity contribution in [2.75, 3.05) is 0 Å². The minimum absolute atomic E-state index is 0.258. The maximum Gasteiger partial charge on any atom is 0.155 e. The number of carbonyl (C=O) groups is 1. The average molecular weight is 198 g/mol. The van der Waals surface area contributed by atoms with Gasteiger partial charge in [0.1, 0.15) is 0 Å². The molecule has 15 heavy (non-hydrogen) atoms. The first kappa shape index (κ1) is 9.91. The Morgan fingerprint density at radius 1 is 1.00 bits per heavy atom. The fourth-order valence-corrected chi connectivity index (χ4v) is 1.72. The van der Waals surface area contributed by atoms with Gasteiger partial charge in [-0.15, -0.1) is 0 Å². The third-order valence-electron chi connectivity index (χ3n) is 2.52. The quantitative estimate of drug-likeness (QED) is 0.712. The molecule has 0 N–H and O–H groups in total. The van der Waals surface area contributed by atoms with Gasteiger partial charge in [-0.2, -0.15) is 0 Å². The maximum atomic E-state index is 11.2. The van der Waals surface area contributed by atoms with Gasteiger partial charge in [-0.3, -0.25) is 4.79 Å². The minimum Gasteiger partial charge on any atom is -0.295 e. The molecule has 0 amide bonds. The van der Waals surface area contributed by atoms with Crippen molar-refractivity contribution in [3.05, 3.63) is 53.6 Å². The van der Waals surface area contributed by atoms with E-state index in [0.29, 0.717) is 6.42 Å². The lowest BCUT2D eigenvalue weighted by Gasteiger charge is -2.07. The summed E-state index contributed by atoms with van der Waals surface area (Å²) in [4.78, 5) is 11.2. The van der Waals surface area contributed by atoms with Gasteiger partial charge in [0.05, 0.1) is 0 Å². The number of allylic oxidation sites excluding steroid dienone is 3. The fraction of sp³-hybridized carbons (Fsp3) is 0.214. The summed E-state index contributed by atoms with van der Waals surface area (Å²) in [5.41, 5.74) is 2.33. The van der Waals surface area contributed by atoms with E-state index < -0.39 is 0 Å². The van der Waals surface area contributed by atoms with Crippen molar-refractivity contribution in [2.45, 2.75) is 19.3 Å². The van der Waals surface area contributed by atoms with Crippen LogP contribution >= 0.6 is 0 Å². The standard InChI is InChI=1S/C14H14O/c15-14-8-4-7-13(11-14)10-9-12-5-2-1-3-6-12/h1-3,5-6,9-11H,4,7-8H2. The number of benzene rings is 1. The lowest BCUT2D eigenvalue weighted by molar-refractivity contribution is -0.115. The Balaban J connectivity index is 2.09. The highest BCUT2D eigenvalue weighted by Gasteiger charge is 2.06. The van der Waals surface area contributed by atoms with Crippen LogP contribution in [-0.4, -0.2) is 5.78 Å². The van der Waals surface area contributed by atoms with Gasteiger partial charge in [-0.1, -0.05) is 42.5 Å². The predicted molar refractivity (Wildman–Crippen MR) is 62.4 cm³/mol. The predicted octanol–water partition coefficient (Wildman–Crippen LogP) is 3.38. The number of hydrogen-bond acceptors (Lipinski definition) is 1. The molecule has 0 saturated carbocycles. The van der Waals surface area contributed by atoms with Crippen molar-refractivity contribution in [1.29, 1.82) is 0 Å². The zero-order valence-corrected chi connectivity index (χ0v) is 8.65. The van der Waals surface area contributed by atoms with Gasteiger partial charge < -0.3 is 0 Å². The molecular formula is C14H14O. The van der Waals surface area contributed by atoms with Crippen LogP contribution in [0.4, 0.5) is 0 Å². The van der Waals surface area contributed by atoms with Gasteiger partial charge in [0.25, 0.3) is 0 Å². The van der Waals surface area contributed by atoms with Crippen molar-refractivity contribution in [2.24, 2.45) is 0 Å². The molecular weight excluding hydrogens is 184 g/mol. The highest BCUT2D eigenvalue weighted by molar-refractivity contribution is 5.91. The van der Waals surface area contributed by atoms with Gasteiger partial charge in [0.2, 0.25) is 0 Å². The highest BCUT2D eigenvalue weighted by atomic mass is 16.1. The topological polar surface area (TPSA) is 17.1 Å². The minimum atomic E-state index is 0.258. The molecule has 1 nitrogen and oxygen atoms in total. The monoisotopic (exact) mass is 198 g/mol. The van der Waals surface area contributed by atoms with Crippen LogP contribution in [0, 0.1) is 0 Å². The molecule has 2 rings (SSSR count). The van der Waals surface area contributed by atoms with Crippen LogP contribution in [0.25, 0.3) is 6.08 Å². The van der Waals surface area contributed by atoms with E-state index >= 15 is 0 Å². The molecule has 0 aliphatic heterocycles. The van der Waals surface area contributed by atoms with Gasteiger partial charge in [0.15, 0.2) is 5.78 Å². The molecule has 0 atom stereocenters. The van der Waals surface area contributed by atoms with E-state index in [0.717, 1.165) is 18.4 Å². The van der Waals surface area contributed by atoms with Crippen LogP contribution in [0.5, 0.6) is 0 Å². The molecule has 0 saturated heterocycles. The van der Waals surface area contributed by atoms with Crippen molar-refractivity contribution in [3.63, 3.8) is 0 Å².